The molecule has 0 spiro atoms. The lowest BCUT2D eigenvalue weighted by atomic mass is 9.91. The minimum absolute atomic E-state index is 0.655. The highest BCUT2D eigenvalue weighted by atomic mass is 15.3. The van der Waals surface area contributed by atoms with E-state index in [1.807, 2.05) is 0 Å². The second-order valence-electron chi connectivity index (χ2n) is 7.16. The molecule has 3 fully saturated rings. The second kappa shape index (κ2) is 5.16. The number of aromatic nitrogens is 3. The summed E-state index contributed by atoms with van der Waals surface area (Å²) in [5.41, 5.74) is 0. The maximum Gasteiger partial charge on any atom is 0.154 e. The Hall–Kier alpha value is -0.860. The zero-order chi connectivity index (χ0) is 13.5. The van der Waals surface area contributed by atoms with Crippen LogP contribution >= 0.6 is 0 Å². The van der Waals surface area contributed by atoms with Gasteiger partial charge in [-0.25, -0.2) is 9.67 Å². The highest BCUT2D eigenvalue weighted by Crippen LogP contribution is 2.51. The van der Waals surface area contributed by atoms with Gasteiger partial charge in [-0.05, 0) is 50.9 Å². The van der Waals surface area contributed by atoms with Crippen molar-refractivity contribution in [2.24, 2.45) is 11.8 Å². The van der Waals surface area contributed by atoms with Crippen molar-refractivity contribution < 1.29 is 0 Å². The normalized spacial score (nSPS) is 34.0. The first kappa shape index (κ1) is 12.8. The van der Waals surface area contributed by atoms with Gasteiger partial charge in [-0.3, -0.25) is 0 Å². The van der Waals surface area contributed by atoms with Crippen molar-refractivity contribution in [1.29, 1.82) is 0 Å². The van der Waals surface area contributed by atoms with Crippen LogP contribution in [0, 0.1) is 11.8 Å². The third-order valence-corrected chi connectivity index (χ3v) is 6.15. The van der Waals surface area contributed by atoms with Crippen LogP contribution in [0.4, 0.5) is 0 Å². The maximum atomic E-state index is 5.06. The minimum Gasteiger partial charge on any atom is -0.250 e. The second-order valence-corrected chi connectivity index (χ2v) is 7.16. The van der Waals surface area contributed by atoms with Crippen LogP contribution in [0.15, 0.2) is 0 Å². The molecule has 1 aromatic heterocycles. The SMILES string of the molecule is CCn1nc(C2CCCC2)nc1[C@H]1CC[C@@H]2CCC[C@@H]21. The van der Waals surface area contributed by atoms with E-state index in [-0.39, 0.29) is 0 Å². The molecule has 0 radical (unpaired) electrons. The summed E-state index contributed by atoms with van der Waals surface area (Å²) in [7, 11) is 0. The van der Waals surface area contributed by atoms with Gasteiger partial charge < -0.3 is 0 Å². The van der Waals surface area contributed by atoms with Gasteiger partial charge in [-0.1, -0.05) is 25.7 Å². The Bertz CT molecular complexity index is 473. The van der Waals surface area contributed by atoms with Crippen molar-refractivity contribution in [2.45, 2.75) is 83.1 Å². The van der Waals surface area contributed by atoms with Crippen LogP contribution in [0.1, 0.15) is 88.2 Å². The van der Waals surface area contributed by atoms with Gasteiger partial charge in [0.1, 0.15) is 5.82 Å². The van der Waals surface area contributed by atoms with Crippen LogP contribution < -0.4 is 0 Å². The third kappa shape index (κ3) is 2.01. The fourth-order valence-electron chi connectivity index (χ4n) is 5.12. The van der Waals surface area contributed by atoms with Crippen molar-refractivity contribution in [2.75, 3.05) is 0 Å². The van der Waals surface area contributed by atoms with Gasteiger partial charge in [0.05, 0.1) is 0 Å². The van der Waals surface area contributed by atoms with Gasteiger partial charge in [0.25, 0.3) is 0 Å². The lowest BCUT2D eigenvalue weighted by Crippen LogP contribution is -2.14. The molecule has 4 rings (SSSR count). The van der Waals surface area contributed by atoms with E-state index in [2.05, 4.69) is 11.6 Å². The third-order valence-electron chi connectivity index (χ3n) is 6.15. The lowest BCUT2D eigenvalue weighted by Gasteiger charge is -2.17. The van der Waals surface area contributed by atoms with Gasteiger partial charge in [0.2, 0.25) is 0 Å². The quantitative estimate of drug-likeness (QED) is 0.824. The van der Waals surface area contributed by atoms with E-state index in [0.717, 1.165) is 18.4 Å². The average molecular weight is 273 g/mol. The Morgan fingerprint density at radius 2 is 1.85 bits per heavy atom. The fraction of sp³-hybridized carbons (Fsp3) is 0.882. The van der Waals surface area contributed by atoms with E-state index in [4.69, 9.17) is 10.1 Å². The Morgan fingerprint density at radius 1 is 1.00 bits per heavy atom. The average Bonchev–Trinajstić information content (AvgIpc) is 3.20. The lowest BCUT2D eigenvalue weighted by molar-refractivity contribution is 0.399. The van der Waals surface area contributed by atoms with E-state index in [0.29, 0.717) is 11.8 Å². The molecule has 1 heterocycles. The number of hydrogen-bond donors (Lipinski definition) is 0. The first-order valence-corrected chi connectivity index (χ1v) is 8.81. The minimum atomic E-state index is 0.655. The zero-order valence-electron chi connectivity index (χ0n) is 12.7. The Kier molecular flexibility index (Phi) is 3.31. The predicted molar refractivity (Wildman–Crippen MR) is 79.7 cm³/mol. The van der Waals surface area contributed by atoms with E-state index >= 15 is 0 Å². The summed E-state index contributed by atoms with van der Waals surface area (Å²) in [6.45, 7) is 3.21. The number of rotatable bonds is 3. The van der Waals surface area contributed by atoms with Crippen molar-refractivity contribution in [3.05, 3.63) is 11.6 Å². The molecular formula is C17H27N3. The molecule has 3 heteroatoms. The van der Waals surface area contributed by atoms with E-state index in [1.165, 1.54) is 69.4 Å². The Morgan fingerprint density at radius 3 is 2.65 bits per heavy atom. The Labute approximate surface area is 122 Å². The number of hydrogen-bond acceptors (Lipinski definition) is 2. The summed E-state index contributed by atoms with van der Waals surface area (Å²) in [6.07, 6.45) is 12.5. The molecule has 0 amide bonds. The summed E-state index contributed by atoms with van der Waals surface area (Å²) >= 11 is 0. The van der Waals surface area contributed by atoms with E-state index in [9.17, 15) is 0 Å². The first-order valence-electron chi connectivity index (χ1n) is 8.81. The molecule has 20 heavy (non-hydrogen) atoms. The molecule has 3 aliphatic carbocycles. The molecule has 0 N–H and O–H groups in total. The molecule has 0 aliphatic heterocycles. The number of aryl methyl sites for hydroxylation is 1. The predicted octanol–water partition coefficient (Wildman–Crippen LogP) is 4.25. The van der Waals surface area contributed by atoms with E-state index in [1.54, 1.807) is 0 Å². The molecule has 110 valence electrons. The largest absolute Gasteiger partial charge is 0.250 e. The zero-order valence-corrected chi connectivity index (χ0v) is 12.7. The molecule has 3 nitrogen and oxygen atoms in total. The van der Waals surface area contributed by atoms with Crippen molar-refractivity contribution in [1.82, 2.24) is 14.8 Å². The van der Waals surface area contributed by atoms with Crippen molar-refractivity contribution in [3.63, 3.8) is 0 Å². The molecule has 0 aromatic carbocycles. The molecule has 3 saturated carbocycles. The van der Waals surface area contributed by atoms with Crippen LogP contribution in [0.2, 0.25) is 0 Å². The van der Waals surface area contributed by atoms with Gasteiger partial charge in [0.15, 0.2) is 5.82 Å². The van der Waals surface area contributed by atoms with Gasteiger partial charge in [-0.15, -0.1) is 0 Å². The summed E-state index contributed by atoms with van der Waals surface area (Å²) < 4.78 is 2.24. The van der Waals surface area contributed by atoms with Crippen LogP contribution in [-0.4, -0.2) is 14.8 Å². The van der Waals surface area contributed by atoms with Crippen LogP contribution in [0.3, 0.4) is 0 Å². The standard InChI is InChI=1S/C17H27N3/c1-2-20-17(15-11-10-12-8-5-9-14(12)15)18-16(19-20)13-6-3-4-7-13/h12-15H,2-11H2,1H3/t12-,14-,15-/m0/s1. The van der Waals surface area contributed by atoms with Gasteiger partial charge in [-0.2, -0.15) is 5.10 Å². The highest BCUT2D eigenvalue weighted by Gasteiger charge is 2.42. The number of nitrogens with zero attached hydrogens (tertiary/aromatic N) is 3. The summed E-state index contributed by atoms with van der Waals surface area (Å²) in [5.74, 6) is 5.79. The van der Waals surface area contributed by atoms with Gasteiger partial charge in [0, 0.05) is 18.4 Å². The van der Waals surface area contributed by atoms with Crippen molar-refractivity contribution in [3.8, 4) is 0 Å². The maximum absolute atomic E-state index is 5.06. The smallest absolute Gasteiger partial charge is 0.154 e. The van der Waals surface area contributed by atoms with Gasteiger partial charge >= 0.3 is 0 Å². The molecule has 3 aliphatic rings. The topological polar surface area (TPSA) is 30.7 Å². The molecule has 0 saturated heterocycles. The molecule has 0 unspecified atom stereocenters. The molecule has 0 bridgehead atoms. The molecular weight excluding hydrogens is 246 g/mol. The summed E-state index contributed by atoms with van der Waals surface area (Å²) in [5, 5.41) is 4.88. The number of fused-ring (bicyclic) bond motifs is 1. The monoisotopic (exact) mass is 273 g/mol. The highest BCUT2D eigenvalue weighted by molar-refractivity contribution is 5.10. The first-order chi connectivity index (χ1) is 9.86. The summed E-state index contributed by atoms with van der Waals surface area (Å²) in [4.78, 5) is 5.06. The molecule has 3 atom stereocenters. The van der Waals surface area contributed by atoms with Crippen LogP contribution in [0.5, 0.6) is 0 Å². The van der Waals surface area contributed by atoms with Crippen molar-refractivity contribution >= 4 is 0 Å². The van der Waals surface area contributed by atoms with E-state index < -0.39 is 0 Å². The Balaban J connectivity index is 1.63. The van der Waals surface area contributed by atoms with Crippen LogP contribution in [-0.2, 0) is 6.54 Å². The molecule has 1 aromatic rings. The fourth-order valence-corrected chi connectivity index (χ4v) is 5.12. The van der Waals surface area contributed by atoms with Crippen LogP contribution in [0.25, 0.3) is 0 Å². The summed E-state index contributed by atoms with van der Waals surface area (Å²) in [6, 6.07) is 0.